The number of hydrogen-bond acceptors (Lipinski definition) is 0. The molecular weight excluding hydrogens is 303 g/mol. The molecule has 0 saturated carbocycles. The maximum Gasteiger partial charge on any atom is 0.351 e. The van der Waals surface area contributed by atoms with Crippen LogP contribution in [0.2, 0.25) is 0 Å². The Morgan fingerprint density at radius 1 is 1.33 bits per heavy atom. The van der Waals surface area contributed by atoms with Crippen molar-refractivity contribution in [3.8, 4) is 0 Å². The zero-order valence-corrected chi connectivity index (χ0v) is 9.28. The van der Waals surface area contributed by atoms with Crippen LogP contribution in [0.5, 0.6) is 0 Å². The van der Waals surface area contributed by atoms with Crippen molar-refractivity contribution in [2.75, 3.05) is 0 Å². The molecule has 12 heavy (non-hydrogen) atoms. The molecule has 0 aliphatic heterocycles. The molecule has 0 atom stereocenters. The Kier molecular flexibility index (Phi) is 4.72. The van der Waals surface area contributed by atoms with Crippen molar-refractivity contribution < 1.29 is 13.2 Å². The number of allylic oxidation sites excluding steroid dienone is 2. The van der Waals surface area contributed by atoms with Crippen LogP contribution in [-0.4, -0.2) is 8.62 Å². The second-order valence-electron chi connectivity index (χ2n) is 1.87. The molecule has 0 amide bonds. The van der Waals surface area contributed by atoms with Crippen LogP contribution < -0.4 is 0 Å². The maximum absolute atomic E-state index is 12.3. The lowest BCUT2D eigenvalue weighted by Crippen LogP contribution is -2.07. The summed E-state index contributed by atoms with van der Waals surface area (Å²) in [5.74, 6) is -1.67. The standard InChI is InChI=1S/C5H3BrCl3F3/c6-5(11,12)3(10)1-2-4(7,8)9/h1H,2H2. The van der Waals surface area contributed by atoms with E-state index < -0.39 is 20.9 Å². The molecule has 0 aliphatic carbocycles. The molecular formula is C5H3BrCl3F3. The summed E-state index contributed by atoms with van der Waals surface area (Å²) >= 11 is 17.4. The third-order valence-corrected chi connectivity index (χ3v) is 1.63. The summed E-state index contributed by atoms with van der Waals surface area (Å²) in [7, 11) is 0. The van der Waals surface area contributed by atoms with Gasteiger partial charge < -0.3 is 0 Å². The van der Waals surface area contributed by atoms with E-state index in [1.165, 1.54) is 0 Å². The Labute approximate surface area is 90.8 Å². The first-order valence-corrected chi connectivity index (χ1v) is 4.55. The quantitative estimate of drug-likeness (QED) is 0.655. The molecule has 0 aliphatic rings. The van der Waals surface area contributed by atoms with Crippen molar-refractivity contribution in [1.29, 1.82) is 0 Å². The van der Waals surface area contributed by atoms with E-state index in [9.17, 15) is 13.2 Å². The first-order chi connectivity index (χ1) is 5.13. The fraction of sp³-hybridized carbons (Fsp3) is 0.600. The molecule has 0 saturated heterocycles. The summed E-state index contributed by atoms with van der Waals surface area (Å²) in [6, 6.07) is 0. The summed E-state index contributed by atoms with van der Waals surface area (Å²) in [6.45, 7) is 0. The largest absolute Gasteiger partial charge is 0.351 e. The van der Waals surface area contributed by atoms with Gasteiger partial charge in [0.05, 0.1) is 0 Å². The van der Waals surface area contributed by atoms with Gasteiger partial charge in [0.1, 0.15) is 0 Å². The molecule has 0 N–H and O–H groups in total. The highest BCUT2D eigenvalue weighted by atomic mass is 79.9. The highest BCUT2D eigenvalue weighted by molar-refractivity contribution is 9.10. The molecule has 72 valence electrons. The van der Waals surface area contributed by atoms with Crippen LogP contribution in [0.3, 0.4) is 0 Å². The second kappa shape index (κ2) is 4.40. The molecule has 0 aromatic heterocycles. The van der Waals surface area contributed by atoms with Crippen LogP contribution in [0.1, 0.15) is 6.42 Å². The summed E-state index contributed by atoms with van der Waals surface area (Å²) in [4.78, 5) is -3.69. The van der Waals surface area contributed by atoms with E-state index in [4.69, 9.17) is 34.8 Å². The molecule has 0 unspecified atom stereocenters. The van der Waals surface area contributed by atoms with Gasteiger partial charge in [-0.2, -0.15) is 8.78 Å². The lowest BCUT2D eigenvalue weighted by molar-refractivity contribution is 0.127. The van der Waals surface area contributed by atoms with Crippen molar-refractivity contribution in [3.63, 3.8) is 0 Å². The lowest BCUT2D eigenvalue weighted by atomic mass is 10.4. The van der Waals surface area contributed by atoms with Crippen LogP contribution in [0.25, 0.3) is 0 Å². The smallest absolute Gasteiger partial charge is 0.204 e. The highest BCUT2D eigenvalue weighted by Gasteiger charge is 2.31. The normalized spacial score (nSPS) is 15.1. The van der Waals surface area contributed by atoms with Gasteiger partial charge in [-0.25, -0.2) is 4.39 Å². The lowest BCUT2D eigenvalue weighted by Gasteiger charge is -2.08. The van der Waals surface area contributed by atoms with Gasteiger partial charge in [-0.15, -0.1) is 0 Å². The van der Waals surface area contributed by atoms with Gasteiger partial charge in [-0.3, -0.25) is 0 Å². The average Bonchev–Trinajstić information content (AvgIpc) is 1.78. The summed E-state index contributed by atoms with van der Waals surface area (Å²) in [6.07, 6.45) is 0.104. The monoisotopic (exact) mass is 304 g/mol. The molecule has 0 nitrogen and oxygen atoms in total. The SMILES string of the molecule is FC(=CCC(Cl)(Cl)Cl)C(F)(F)Br. The van der Waals surface area contributed by atoms with Gasteiger partial charge in [0.2, 0.25) is 0 Å². The van der Waals surface area contributed by atoms with Gasteiger partial charge >= 0.3 is 4.83 Å². The molecule has 0 heterocycles. The molecule has 0 spiro atoms. The van der Waals surface area contributed by atoms with E-state index in [0.717, 1.165) is 0 Å². The third-order valence-electron chi connectivity index (χ3n) is 0.784. The molecule has 0 bridgehead atoms. The van der Waals surface area contributed by atoms with Crippen LogP contribution in [0.4, 0.5) is 13.2 Å². The molecule has 0 rings (SSSR count). The van der Waals surface area contributed by atoms with Crippen molar-refractivity contribution in [2.24, 2.45) is 0 Å². The summed E-state index contributed by atoms with van der Waals surface area (Å²) in [5, 5.41) is 0. The van der Waals surface area contributed by atoms with Gasteiger partial charge in [0, 0.05) is 6.42 Å². The van der Waals surface area contributed by atoms with Crippen molar-refractivity contribution in [3.05, 3.63) is 11.9 Å². The Hall–Kier alpha value is 0.880. The minimum Gasteiger partial charge on any atom is -0.204 e. The number of halogens is 7. The van der Waals surface area contributed by atoms with E-state index >= 15 is 0 Å². The molecule has 0 radical (unpaired) electrons. The zero-order valence-electron chi connectivity index (χ0n) is 5.43. The van der Waals surface area contributed by atoms with Gasteiger partial charge in [0.25, 0.3) is 0 Å². The van der Waals surface area contributed by atoms with Crippen molar-refractivity contribution in [1.82, 2.24) is 0 Å². The predicted octanol–water partition coefficient (Wildman–Crippen LogP) is 4.59. The Bertz CT molecular complexity index is 181. The van der Waals surface area contributed by atoms with Crippen LogP contribution in [0.15, 0.2) is 11.9 Å². The molecule has 0 aromatic rings. The summed E-state index contributed by atoms with van der Waals surface area (Å²) < 4.78 is 34.6. The Balaban J connectivity index is 4.21. The maximum atomic E-state index is 12.3. The number of hydrogen-bond donors (Lipinski definition) is 0. The molecule has 0 aromatic carbocycles. The highest BCUT2D eigenvalue weighted by Crippen LogP contribution is 2.35. The van der Waals surface area contributed by atoms with E-state index in [2.05, 4.69) is 0 Å². The Morgan fingerprint density at radius 3 is 2.00 bits per heavy atom. The first-order valence-electron chi connectivity index (χ1n) is 2.62. The van der Waals surface area contributed by atoms with Gasteiger partial charge in [-0.1, -0.05) is 34.8 Å². The number of alkyl halides is 6. The minimum atomic E-state index is -3.69. The fourth-order valence-corrected chi connectivity index (χ4v) is 0.714. The topological polar surface area (TPSA) is 0 Å². The third kappa shape index (κ3) is 6.40. The van der Waals surface area contributed by atoms with Crippen LogP contribution in [0, 0.1) is 0 Å². The van der Waals surface area contributed by atoms with Crippen LogP contribution >= 0.6 is 50.7 Å². The zero-order chi connectivity index (χ0) is 9.99. The van der Waals surface area contributed by atoms with E-state index in [1.807, 2.05) is 0 Å². The second-order valence-corrected chi connectivity index (χ2v) is 5.38. The predicted molar refractivity (Wildman–Crippen MR) is 48.0 cm³/mol. The fourth-order valence-electron chi connectivity index (χ4n) is 0.321. The van der Waals surface area contributed by atoms with Crippen LogP contribution in [-0.2, 0) is 0 Å². The average molecular weight is 306 g/mol. The summed E-state index contributed by atoms with van der Waals surface area (Å²) in [5.41, 5.74) is 0. The minimum absolute atomic E-state index is 0.412. The van der Waals surface area contributed by atoms with Crippen molar-refractivity contribution in [2.45, 2.75) is 15.0 Å². The first kappa shape index (κ1) is 12.9. The number of rotatable bonds is 2. The van der Waals surface area contributed by atoms with E-state index in [1.54, 1.807) is 15.9 Å². The molecule has 0 fully saturated rings. The Morgan fingerprint density at radius 2 is 1.75 bits per heavy atom. The van der Waals surface area contributed by atoms with Gasteiger partial charge in [-0.05, 0) is 22.0 Å². The van der Waals surface area contributed by atoms with Crippen molar-refractivity contribution >= 4 is 50.7 Å². The van der Waals surface area contributed by atoms with E-state index in [-0.39, 0.29) is 0 Å². The van der Waals surface area contributed by atoms with E-state index in [0.29, 0.717) is 6.08 Å². The van der Waals surface area contributed by atoms with Gasteiger partial charge in [0.15, 0.2) is 9.62 Å². The molecule has 7 heteroatoms.